The van der Waals surface area contributed by atoms with Gasteiger partial charge < -0.3 is 19.4 Å². The summed E-state index contributed by atoms with van der Waals surface area (Å²) >= 11 is 0. The molecule has 4 rings (SSSR count). The van der Waals surface area contributed by atoms with Crippen LogP contribution in [-0.2, 0) is 9.59 Å². The molecule has 0 aromatic heterocycles. The smallest absolute Gasteiger partial charge is 0.228 e. The van der Waals surface area contributed by atoms with E-state index in [9.17, 15) is 14.0 Å². The van der Waals surface area contributed by atoms with Crippen molar-refractivity contribution in [3.05, 3.63) is 54.3 Å². The molecule has 152 valence electrons. The van der Waals surface area contributed by atoms with Crippen molar-refractivity contribution in [1.29, 1.82) is 0 Å². The second-order valence-electron chi connectivity index (χ2n) is 7.39. The van der Waals surface area contributed by atoms with E-state index in [0.29, 0.717) is 25.3 Å². The molecule has 0 radical (unpaired) electrons. The molecule has 2 aliphatic heterocycles. The Balaban J connectivity index is 1.34. The van der Waals surface area contributed by atoms with Crippen molar-refractivity contribution in [1.82, 2.24) is 4.90 Å². The average molecular weight is 397 g/mol. The van der Waals surface area contributed by atoms with E-state index in [4.69, 9.17) is 4.74 Å². The summed E-state index contributed by atoms with van der Waals surface area (Å²) in [6, 6.07) is 13.7. The lowest BCUT2D eigenvalue weighted by molar-refractivity contribution is -0.136. The number of methoxy groups -OCH3 is 1. The van der Waals surface area contributed by atoms with Crippen LogP contribution in [0, 0.1) is 11.7 Å². The Morgan fingerprint density at radius 3 is 2.21 bits per heavy atom. The monoisotopic (exact) mass is 397 g/mol. The van der Waals surface area contributed by atoms with E-state index in [0.717, 1.165) is 24.5 Å². The SMILES string of the molecule is COc1ccc(N2CCN(C(=O)C3CC(=O)N(c4ccc(F)cc4)C3)CC2)cc1. The lowest BCUT2D eigenvalue weighted by atomic mass is 10.1. The first kappa shape index (κ1) is 19.2. The molecular weight excluding hydrogens is 373 g/mol. The van der Waals surface area contributed by atoms with Gasteiger partial charge in [0.1, 0.15) is 11.6 Å². The number of hydrogen-bond acceptors (Lipinski definition) is 4. The van der Waals surface area contributed by atoms with Crippen molar-refractivity contribution in [2.24, 2.45) is 5.92 Å². The minimum atomic E-state index is -0.347. The maximum absolute atomic E-state index is 13.1. The molecule has 2 heterocycles. The highest BCUT2D eigenvalue weighted by molar-refractivity contribution is 6.00. The molecule has 2 aromatic carbocycles. The number of nitrogens with zero attached hydrogens (tertiary/aromatic N) is 3. The molecule has 2 amide bonds. The molecule has 0 spiro atoms. The molecule has 0 N–H and O–H groups in total. The molecule has 2 aromatic rings. The summed E-state index contributed by atoms with van der Waals surface area (Å²) < 4.78 is 18.3. The van der Waals surface area contributed by atoms with Crippen molar-refractivity contribution in [3.63, 3.8) is 0 Å². The van der Waals surface area contributed by atoms with E-state index in [2.05, 4.69) is 4.90 Å². The summed E-state index contributed by atoms with van der Waals surface area (Å²) in [5.41, 5.74) is 1.74. The van der Waals surface area contributed by atoms with Crippen molar-refractivity contribution < 1.29 is 18.7 Å². The zero-order valence-corrected chi connectivity index (χ0v) is 16.4. The molecule has 0 bridgehead atoms. The number of anilines is 2. The summed E-state index contributed by atoms with van der Waals surface area (Å²) in [6.07, 6.45) is 0.203. The highest BCUT2D eigenvalue weighted by Gasteiger charge is 2.37. The minimum Gasteiger partial charge on any atom is -0.497 e. The Hall–Kier alpha value is -3.09. The largest absolute Gasteiger partial charge is 0.497 e. The van der Waals surface area contributed by atoms with Gasteiger partial charge in [0.25, 0.3) is 0 Å². The van der Waals surface area contributed by atoms with E-state index in [1.807, 2.05) is 29.2 Å². The van der Waals surface area contributed by atoms with Gasteiger partial charge in [-0.25, -0.2) is 4.39 Å². The number of carbonyl (C=O) groups excluding carboxylic acids is 2. The number of halogens is 1. The lowest BCUT2D eigenvalue weighted by Gasteiger charge is -2.37. The van der Waals surface area contributed by atoms with Gasteiger partial charge in [0.15, 0.2) is 0 Å². The third-order valence-electron chi connectivity index (χ3n) is 5.64. The second kappa shape index (κ2) is 8.11. The second-order valence-corrected chi connectivity index (χ2v) is 7.39. The molecule has 2 saturated heterocycles. The molecule has 1 unspecified atom stereocenters. The number of carbonyl (C=O) groups is 2. The average Bonchev–Trinajstić information content (AvgIpc) is 3.15. The van der Waals surface area contributed by atoms with E-state index in [1.54, 1.807) is 24.1 Å². The molecule has 2 fully saturated rings. The van der Waals surface area contributed by atoms with Gasteiger partial charge >= 0.3 is 0 Å². The Labute approximate surface area is 169 Å². The fourth-order valence-corrected chi connectivity index (χ4v) is 3.98. The van der Waals surface area contributed by atoms with Crippen LogP contribution in [0.3, 0.4) is 0 Å². The van der Waals surface area contributed by atoms with Crippen LogP contribution in [0.5, 0.6) is 5.75 Å². The minimum absolute atomic E-state index is 0.0253. The molecule has 7 heteroatoms. The third kappa shape index (κ3) is 4.04. The summed E-state index contributed by atoms with van der Waals surface area (Å²) in [5, 5.41) is 0. The van der Waals surface area contributed by atoms with Gasteiger partial charge in [0, 0.05) is 50.5 Å². The number of rotatable bonds is 4. The maximum Gasteiger partial charge on any atom is 0.228 e. The van der Waals surface area contributed by atoms with Crippen molar-refractivity contribution in [2.75, 3.05) is 49.6 Å². The van der Waals surface area contributed by atoms with Crippen molar-refractivity contribution in [2.45, 2.75) is 6.42 Å². The zero-order chi connectivity index (χ0) is 20.4. The maximum atomic E-state index is 13.1. The van der Waals surface area contributed by atoms with Crippen LogP contribution in [0.1, 0.15) is 6.42 Å². The summed E-state index contributed by atoms with van der Waals surface area (Å²) in [6.45, 7) is 3.11. The molecule has 0 saturated carbocycles. The van der Waals surface area contributed by atoms with Crippen LogP contribution in [0.4, 0.5) is 15.8 Å². The van der Waals surface area contributed by atoms with E-state index in [1.165, 1.54) is 12.1 Å². The van der Waals surface area contributed by atoms with E-state index < -0.39 is 0 Å². The predicted octanol–water partition coefficient (Wildman–Crippen LogP) is 2.54. The van der Waals surface area contributed by atoms with Crippen LogP contribution in [-0.4, -0.2) is 56.5 Å². The number of ether oxygens (including phenoxy) is 1. The predicted molar refractivity (Wildman–Crippen MR) is 109 cm³/mol. The van der Waals surface area contributed by atoms with Crippen LogP contribution in [0.25, 0.3) is 0 Å². The van der Waals surface area contributed by atoms with Gasteiger partial charge in [0.2, 0.25) is 11.8 Å². The van der Waals surface area contributed by atoms with Gasteiger partial charge in [-0.15, -0.1) is 0 Å². The first-order valence-electron chi connectivity index (χ1n) is 9.79. The Kier molecular flexibility index (Phi) is 5.38. The standard InChI is InChI=1S/C22H24FN3O3/c1-29-20-8-6-18(7-9-20)24-10-12-25(13-11-24)22(28)16-14-21(27)26(15-16)19-4-2-17(23)3-5-19/h2-9,16H,10-15H2,1H3. The summed E-state index contributed by atoms with van der Waals surface area (Å²) in [5.74, 6) is 0.0613. The number of piperazine rings is 1. The lowest BCUT2D eigenvalue weighted by Crippen LogP contribution is -2.50. The first-order valence-corrected chi connectivity index (χ1v) is 9.79. The molecule has 6 nitrogen and oxygen atoms in total. The highest BCUT2D eigenvalue weighted by atomic mass is 19.1. The van der Waals surface area contributed by atoms with Gasteiger partial charge in [-0.1, -0.05) is 0 Å². The van der Waals surface area contributed by atoms with Gasteiger partial charge in [-0.05, 0) is 48.5 Å². The van der Waals surface area contributed by atoms with E-state index in [-0.39, 0.29) is 30.0 Å². The topological polar surface area (TPSA) is 53.1 Å². The van der Waals surface area contributed by atoms with Crippen molar-refractivity contribution in [3.8, 4) is 5.75 Å². The Morgan fingerprint density at radius 2 is 1.59 bits per heavy atom. The summed E-state index contributed by atoms with van der Waals surface area (Å²) in [4.78, 5) is 31.0. The Morgan fingerprint density at radius 1 is 0.966 bits per heavy atom. The van der Waals surface area contributed by atoms with Crippen LogP contribution < -0.4 is 14.5 Å². The van der Waals surface area contributed by atoms with Crippen LogP contribution >= 0.6 is 0 Å². The van der Waals surface area contributed by atoms with Crippen molar-refractivity contribution >= 4 is 23.2 Å². The summed E-state index contributed by atoms with van der Waals surface area (Å²) in [7, 11) is 1.64. The van der Waals surface area contributed by atoms with Crippen LogP contribution in [0.2, 0.25) is 0 Å². The van der Waals surface area contributed by atoms with Gasteiger partial charge in [0.05, 0.1) is 13.0 Å². The zero-order valence-electron chi connectivity index (χ0n) is 16.4. The number of hydrogen-bond donors (Lipinski definition) is 0. The quantitative estimate of drug-likeness (QED) is 0.796. The first-order chi connectivity index (χ1) is 14.0. The Bertz CT molecular complexity index is 877. The normalized spacial score (nSPS) is 19.6. The van der Waals surface area contributed by atoms with Gasteiger partial charge in [-0.2, -0.15) is 0 Å². The number of benzene rings is 2. The molecule has 1 atom stereocenters. The molecular formula is C22H24FN3O3. The third-order valence-corrected chi connectivity index (χ3v) is 5.64. The molecule has 29 heavy (non-hydrogen) atoms. The fraction of sp³-hybridized carbons (Fsp3) is 0.364. The number of amides is 2. The molecule has 0 aliphatic carbocycles. The van der Waals surface area contributed by atoms with Crippen LogP contribution in [0.15, 0.2) is 48.5 Å². The fourth-order valence-electron chi connectivity index (χ4n) is 3.98. The van der Waals surface area contributed by atoms with E-state index >= 15 is 0 Å². The highest BCUT2D eigenvalue weighted by Crippen LogP contribution is 2.27. The van der Waals surface area contributed by atoms with Gasteiger partial charge in [-0.3, -0.25) is 9.59 Å². The molecule has 2 aliphatic rings.